The highest BCUT2D eigenvalue weighted by atomic mass is 79.9. The van der Waals surface area contributed by atoms with E-state index in [0.29, 0.717) is 15.8 Å². The normalized spacial score (nSPS) is 10.4. The number of aryl methyl sites for hydroxylation is 1. The van der Waals surface area contributed by atoms with Crippen LogP contribution in [0.5, 0.6) is 5.75 Å². The van der Waals surface area contributed by atoms with Crippen LogP contribution in [0.3, 0.4) is 0 Å². The molecule has 0 heterocycles. The van der Waals surface area contributed by atoms with Crippen molar-refractivity contribution < 1.29 is 19.2 Å². The zero-order chi connectivity index (χ0) is 14.7. The first-order valence-electron chi connectivity index (χ1n) is 6.01. The molecule has 2 rings (SSSR count). The monoisotopic (exact) mass is 338 g/mol. The summed E-state index contributed by atoms with van der Waals surface area (Å²) < 4.78 is 19.3. The fraction of sp³-hybridized carbons (Fsp3) is 0.143. The van der Waals surface area contributed by atoms with Gasteiger partial charge < -0.3 is 14.8 Å². The molecule has 20 heavy (non-hydrogen) atoms. The number of halogens is 2. The molecule has 2 aromatic rings. The summed E-state index contributed by atoms with van der Waals surface area (Å²) in [6.45, 7) is 1.98. The highest BCUT2D eigenvalue weighted by Crippen LogP contribution is 2.25. The molecular formula is C14H13BBrFO3. The molecule has 104 valence electrons. The second-order valence-corrected chi connectivity index (χ2v) is 5.31. The summed E-state index contributed by atoms with van der Waals surface area (Å²) in [6, 6.07) is 9.51. The van der Waals surface area contributed by atoms with Crippen LogP contribution in [0.1, 0.15) is 11.1 Å². The van der Waals surface area contributed by atoms with Crippen molar-refractivity contribution >= 4 is 28.5 Å². The van der Waals surface area contributed by atoms with Crippen LogP contribution in [0.4, 0.5) is 4.39 Å². The average molecular weight is 339 g/mol. The molecule has 0 aliphatic rings. The summed E-state index contributed by atoms with van der Waals surface area (Å²) in [5.74, 6) is 0.00588. The van der Waals surface area contributed by atoms with Crippen LogP contribution in [-0.4, -0.2) is 17.2 Å². The van der Waals surface area contributed by atoms with E-state index in [9.17, 15) is 14.4 Å². The van der Waals surface area contributed by atoms with Crippen molar-refractivity contribution in [2.75, 3.05) is 0 Å². The van der Waals surface area contributed by atoms with E-state index in [1.54, 1.807) is 18.2 Å². The van der Waals surface area contributed by atoms with Gasteiger partial charge >= 0.3 is 7.12 Å². The first kappa shape index (κ1) is 15.0. The number of rotatable bonds is 4. The Hall–Kier alpha value is -1.37. The third-order valence-electron chi connectivity index (χ3n) is 2.77. The average Bonchev–Trinajstić information content (AvgIpc) is 2.36. The van der Waals surface area contributed by atoms with Crippen molar-refractivity contribution in [1.29, 1.82) is 0 Å². The number of ether oxygens (including phenoxy) is 1. The maximum atomic E-state index is 13.1. The molecule has 0 fully saturated rings. The van der Waals surface area contributed by atoms with E-state index in [1.165, 1.54) is 12.1 Å². The summed E-state index contributed by atoms with van der Waals surface area (Å²) in [6.07, 6.45) is 0. The fourth-order valence-corrected chi connectivity index (χ4v) is 2.59. The van der Waals surface area contributed by atoms with Gasteiger partial charge in [-0.1, -0.05) is 23.8 Å². The molecule has 0 atom stereocenters. The lowest BCUT2D eigenvalue weighted by Crippen LogP contribution is -2.32. The second kappa shape index (κ2) is 6.39. The fourth-order valence-electron chi connectivity index (χ4n) is 1.88. The van der Waals surface area contributed by atoms with E-state index < -0.39 is 7.12 Å². The van der Waals surface area contributed by atoms with Gasteiger partial charge in [0, 0.05) is 5.46 Å². The minimum atomic E-state index is -1.63. The van der Waals surface area contributed by atoms with Crippen LogP contribution in [0.15, 0.2) is 40.9 Å². The van der Waals surface area contributed by atoms with Crippen molar-refractivity contribution in [3.63, 3.8) is 0 Å². The lowest BCUT2D eigenvalue weighted by molar-refractivity contribution is 0.304. The lowest BCUT2D eigenvalue weighted by atomic mass is 9.79. The SMILES string of the molecule is Cc1cc(Br)c(OCc2cccc(F)c2)c(B(O)O)c1. The van der Waals surface area contributed by atoms with Crippen molar-refractivity contribution in [1.82, 2.24) is 0 Å². The van der Waals surface area contributed by atoms with E-state index in [4.69, 9.17) is 4.74 Å². The molecule has 2 aromatic carbocycles. The Morgan fingerprint density at radius 2 is 2.00 bits per heavy atom. The van der Waals surface area contributed by atoms with Gasteiger partial charge in [0.1, 0.15) is 18.2 Å². The molecule has 0 aliphatic carbocycles. The standard InChI is InChI=1S/C14H13BBrFO3/c1-9-5-12(15(18)19)14(13(16)6-9)20-8-10-3-2-4-11(17)7-10/h2-7,18-19H,8H2,1H3. The Morgan fingerprint density at radius 3 is 2.65 bits per heavy atom. The van der Waals surface area contributed by atoms with E-state index in [1.807, 2.05) is 13.0 Å². The molecule has 0 saturated heterocycles. The first-order chi connectivity index (χ1) is 9.47. The predicted molar refractivity (Wildman–Crippen MR) is 79.4 cm³/mol. The molecule has 0 radical (unpaired) electrons. The molecule has 2 N–H and O–H groups in total. The Kier molecular flexibility index (Phi) is 4.80. The quantitative estimate of drug-likeness (QED) is 0.840. The molecule has 0 saturated carbocycles. The van der Waals surface area contributed by atoms with Crippen molar-refractivity contribution in [2.24, 2.45) is 0 Å². The number of benzene rings is 2. The summed E-state index contributed by atoms with van der Waals surface area (Å²) in [5, 5.41) is 18.8. The van der Waals surface area contributed by atoms with Crippen molar-refractivity contribution in [2.45, 2.75) is 13.5 Å². The summed E-state index contributed by atoms with van der Waals surface area (Å²) in [5.41, 5.74) is 1.81. The largest absolute Gasteiger partial charge is 0.492 e. The van der Waals surface area contributed by atoms with Crippen LogP contribution in [-0.2, 0) is 6.61 Å². The first-order valence-corrected chi connectivity index (χ1v) is 6.80. The van der Waals surface area contributed by atoms with Crippen LogP contribution in [0, 0.1) is 12.7 Å². The number of hydrogen-bond donors (Lipinski definition) is 2. The Labute approximate surface area is 125 Å². The van der Waals surface area contributed by atoms with E-state index in [2.05, 4.69) is 15.9 Å². The van der Waals surface area contributed by atoms with Gasteiger partial charge in [-0.25, -0.2) is 4.39 Å². The van der Waals surface area contributed by atoms with Gasteiger partial charge in [0.15, 0.2) is 0 Å². The number of hydrogen-bond acceptors (Lipinski definition) is 3. The van der Waals surface area contributed by atoms with E-state index in [-0.39, 0.29) is 17.9 Å². The molecule has 0 bridgehead atoms. The lowest BCUT2D eigenvalue weighted by Gasteiger charge is -2.14. The third-order valence-corrected chi connectivity index (χ3v) is 3.36. The van der Waals surface area contributed by atoms with Gasteiger partial charge in [-0.15, -0.1) is 0 Å². The zero-order valence-electron chi connectivity index (χ0n) is 10.8. The zero-order valence-corrected chi connectivity index (χ0v) is 12.4. The van der Waals surface area contributed by atoms with Gasteiger partial charge in [-0.2, -0.15) is 0 Å². The van der Waals surface area contributed by atoms with Crippen LogP contribution in [0.25, 0.3) is 0 Å². The van der Waals surface area contributed by atoms with Gasteiger partial charge in [0.2, 0.25) is 0 Å². The molecule has 0 unspecified atom stereocenters. The van der Waals surface area contributed by atoms with E-state index >= 15 is 0 Å². The molecule has 6 heteroatoms. The molecule has 0 aromatic heterocycles. The van der Waals surface area contributed by atoms with Crippen LogP contribution >= 0.6 is 15.9 Å². The van der Waals surface area contributed by atoms with Crippen LogP contribution < -0.4 is 10.2 Å². The molecule has 3 nitrogen and oxygen atoms in total. The van der Waals surface area contributed by atoms with Gasteiger partial charge in [-0.3, -0.25) is 0 Å². The molecule has 0 spiro atoms. The van der Waals surface area contributed by atoms with Crippen molar-refractivity contribution in [3.05, 3.63) is 57.8 Å². The predicted octanol–water partition coefficient (Wildman–Crippen LogP) is 2.16. The molecule has 0 amide bonds. The Bertz CT molecular complexity index is 619. The van der Waals surface area contributed by atoms with Gasteiger partial charge in [-0.05, 0) is 46.6 Å². The third kappa shape index (κ3) is 3.59. The minimum Gasteiger partial charge on any atom is -0.488 e. The minimum absolute atomic E-state index is 0.138. The molecule has 0 aliphatic heterocycles. The van der Waals surface area contributed by atoms with Crippen LogP contribution in [0.2, 0.25) is 0 Å². The Balaban J connectivity index is 2.25. The maximum absolute atomic E-state index is 13.1. The second-order valence-electron chi connectivity index (χ2n) is 4.46. The summed E-state index contributed by atoms with van der Waals surface area (Å²) in [7, 11) is -1.63. The molecular weight excluding hydrogens is 326 g/mol. The van der Waals surface area contributed by atoms with Gasteiger partial charge in [0.25, 0.3) is 0 Å². The summed E-state index contributed by atoms with van der Waals surface area (Å²) in [4.78, 5) is 0. The highest BCUT2D eigenvalue weighted by Gasteiger charge is 2.20. The van der Waals surface area contributed by atoms with Crippen molar-refractivity contribution in [3.8, 4) is 5.75 Å². The summed E-state index contributed by atoms with van der Waals surface area (Å²) >= 11 is 3.33. The Morgan fingerprint density at radius 1 is 1.25 bits per heavy atom. The topological polar surface area (TPSA) is 49.7 Å². The maximum Gasteiger partial charge on any atom is 0.492 e. The highest BCUT2D eigenvalue weighted by molar-refractivity contribution is 9.10. The van der Waals surface area contributed by atoms with Gasteiger partial charge in [0.05, 0.1) is 4.47 Å². The smallest absolute Gasteiger partial charge is 0.488 e. The van der Waals surface area contributed by atoms with E-state index in [0.717, 1.165) is 5.56 Å².